The number of nitrogens with zero attached hydrogens (tertiary/aromatic N) is 3. The highest BCUT2D eigenvalue weighted by Crippen LogP contribution is 2.25. The zero-order chi connectivity index (χ0) is 15.4. The first-order chi connectivity index (χ1) is 10.0. The fourth-order valence-corrected chi connectivity index (χ4v) is 2.45. The van der Waals surface area contributed by atoms with Gasteiger partial charge in [0.1, 0.15) is 11.6 Å². The number of nitro groups is 1. The van der Waals surface area contributed by atoms with Crippen LogP contribution in [0.1, 0.15) is 11.1 Å². The average molecular weight is 346 g/mol. The lowest BCUT2D eigenvalue weighted by molar-refractivity contribution is -0.385. The molecule has 6 heteroatoms. The molecular formula is C15H12BrN3O2. The molecule has 0 spiro atoms. The van der Waals surface area contributed by atoms with Crippen molar-refractivity contribution in [2.24, 2.45) is 0 Å². The van der Waals surface area contributed by atoms with Gasteiger partial charge in [-0.1, -0.05) is 28.1 Å². The first kappa shape index (κ1) is 15.0. The summed E-state index contributed by atoms with van der Waals surface area (Å²) in [5.74, 6) is 0. The second-order valence-corrected chi connectivity index (χ2v) is 5.47. The molecular weight excluding hydrogens is 334 g/mol. The number of anilines is 1. The maximum Gasteiger partial charge on any atom is 0.289 e. The van der Waals surface area contributed by atoms with Gasteiger partial charge in [-0.25, -0.2) is 0 Å². The van der Waals surface area contributed by atoms with Gasteiger partial charge in [-0.15, -0.1) is 0 Å². The Morgan fingerprint density at radius 1 is 1.33 bits per heavy atom. The van der Waals surface area contributed by atoms with Gasteiger partial charge in [0.2, 0.25) is 0 Å². The predicted octanol–water partition coefficient (Wildman–Crippen LogP) is 3.87. The predicted molar refractivity (Wildman–Crippen MR) is 84.1 cm³/mol. The summed E-state index contributed by atoms with van der Waals surface area (Å²) in [5.41, 5.74) is 1.68. The summed E-state index contributed by atoms with van der Waals surface area (Å²) in [6.45, 7) is 0.614. The zero-order valence-corrected chi connectivity index (χ0v) is 12.9. The molecule has 0 atom stereocenters. The summed E-state index contributed by atoms with van der Waals surface area (Å²) >= 11 is 3.41. The van der Waals surface area contributed by atoms with Crippen LogP contribution in [0.5, 0.6) is 0 Å². The van der Waals surface area contributed by atoms with E-state index < -0.39 is 4.92 Å². The van der Waals surface area contributed by atoms with Crippen LogP contribution in [-0.2, 0) is 6.54 Å². The van der Waals surface area contributed by atoms with Crippen LogP contribution in [0.2, 0.25) is 0 Å². The minimum Gasteiger partial charge on any atom is -0.370 e. The van der Waals surface area contributed by atoms with Gasteiger partial charge < -0.3 is 4.90 Å². The van der Waals surface area contributed by atoms with E-state index in [4.69, 9.17) is 5.26 Å². The van der Waals surface area contributed by atoms with Gasteiger partial charge >= 0.3 is 0 Å². The largest absolute Gasteiger partial charge is 0.370 e. The number of nitriles is 1. The van der Waals surface area contributed by atoms with E-state index in [-0.39, 0.29) is 11.3 Å². The zero-order valence-electron chi connectivity index (χ0n) is 11.3. The molecule has 0 saturated heterocycles. The molecule has 106 valence electrons. The van der Waals surface area contributed by atoms with Crippen molar-refractivity contribution >= 4 is 27.3 Å². The van der Waals surface area contributed by atoms with Crippen molar-refractivity contribution in [1.29, 1.82) is 5.26 Å². The van der Waals surface area contributed by atoms with Crippen molar-refractivity contribution in [3.63, 3.8) is 0 Å². The van der Waals surface area contributed by atoms with Gasteiger partial charge in [-0.05, 0) is 29.8 Å². The standard InChI is InChI=1S/C15H12BrN3O2/c1-18(10-11-3-2-4-13(16)7-11)14-6-5-12(9-17)15(8-14)19(20)21/h2-8H,10H2,1H3. The van der Waals surface area contributed by atoms with Gasteiger partial charge in [-0.2, -0.15) is 5.26 Å². The summed E-state index contributed by atoms with van der Waals surface area (Å²) < 4.78 is 0.985. The Morgan fingerprint density at radius 3 is 2.71 bits per heavy atom. The Labute approximate surface area is 130 Å². The monoisotopic (exact) mass is 345 g/mol. The van der Waals surface area contributed by atoms with Crippen molar-refractivity contribution in [3.8, 4) is 6.07 Å². The molecule has 0 amide bonds. The van der Waals surface area contributed by atoms with E-state index in [2.05, 4.69) is 15.9 Å². The first-order valence-electron chi connectivity index (χ1n) is 6.15. The second-order valence-electron chi connectivity index (χ2n) is 4.56. The van der Waals surface area contributed by atoms with Crippen molar-refractivity contribution in [3.05, 3.63) is 68.2 Å². The van der Waals surface area contributed by atoms with Gasteiger partial charge in [0.15, 0.2) is 0 Å². The smallest absolute Gasteiger partial charge is 0.289 e. The Morgan fingerprint density at radius 2 is 2.10 bits per heavy atom. The number of nitro benzene ring substituents is 1. The third-order valence-electron chi connectivity index (χ3n) is 3.05. The molecule has 0 N–H and O–H groups in total. The fraction of sp³-hybridized carbons (Fsp3) is 0.133. The third kappa shape index (κ3) is 3.58. The van der Waals surface area contributed by atoms with E-state index in [1.165, 1.54) is 12.1 Å². The molecule has 5 nitrogen and oxygen atoms in total. The summed E-state index contributed by atoms with van der Waals surface area (Å²) in [6.07, 6.45) is 0. The molecule has 0 saturated carbocycles. The molecule has 2 aromatic carbocycles. The highest BCUT2D eigenvalue weighted by molar-refractivity contribution is 9.10. The molecule has 0 aliphatic carbocycles. The normalized spacial score (nSPS) is 9.95. The Hall–Kier alpha value is -2.39. The van der Waals surface area contributed by atoms with E-state index >= 15 is 0 Å². The van der Waals surface area contributed by atoms with Crippen molar-refractivity contribution in [2.45, 2.75) is 6.54 Å². The maximum absolute atomic E-state index is 11.0. The first-order valence-corrected chi connectivity index (χ1v) is 6.94. The molecule has 0 fully saturated rings. The summed E-state index contributed by atoms with van der Waals surface area (Å²) in [6, 6.07) is 14.3. The SMILES string of the molecule is CN(Cc1cccc(Br)c1)c1ccc(C#N)c([N+](=O)[O-])c1. The minimum absolute atomic E-state index is 0.0691. The topological polar surface area (TPSA) is 70.2 Å². The molecule has 0 radical (unpaired) electrons. The van der Waals surface area contributed by atoms with E-state index in [1.807, 2.05) is 42.3 Å². The number of hydrogen-bond acceptors (Lipinski definition) is 4. The van der Waals surface area contributed by atoms with Gasteiger partial charge in [0.25, 0.3) is 5.69 Å². The molecule has 0 aliphatic heterocycles. The lowest BCUT2D eigenvalue weighted by atomic mass is 10.1. The Kier molecular flexibility index (Phi) is 4.55. The third-order valence-corrected chi connectivity index (χ3v) is 3.54. The van der Waals surface area contributed by atoms with Crippen LogP contribution in [-0.4, -0.2) is 12.0 Å². The number of rotatable bonds is 4. The van der Waals surface area contributed by atoms with Crippen LogP contribution < -0.4 is 4.90 Å². The van der Waals surface area contributed by atoms with E-state index in [0.29, 0.717) is 12.2 Å². The van der Waals surface area contributed by atoms with Gasteiger partial charge in [-0.3, -0.25) is 10.1 Å². The lowest BCUT2D eigenvalue weighted by Gasteiger charge is -2.19. The van der Waals surface area contributed by atoms with Crippen molar-refractivity contribution < 1.29 is 4.92 Å². The van der Waals surface area contributed by atoms with Crippen molar-refractivity contribution in [1.82, 2.24) is 0 Å². The lowest BCUT2D eigenvalue weighted by Crippen LogP contribution is -2.16. The summed E-state index contributed by atoms with van der Waals surface area (Å²) in [5, 5.41) is 19.9. The molecule has 0 unspecified atom stereocenters. The van der Waals surface area contributed by atoms with E-state index in [0.717, 1.165) is 10.0 Å². The number of hydrogen-bond donors (Lipinski definition) is 0. The van der Waals surface area contributed by atoms with Crippen molar-refractivity contribution in [2.75, 3.05) is 11.9 Å². The second kappa shape index (κ2) is 6.37. The Bertz CT molecular complexity index is 725. The molecule has 0 aliphatic rings. The fourth-order valence-electron chi connectivity index (χ4n) is 2.00. The van der Waals surface area contributed by atoms with Crippen LogP contribution in [0.3, 0.4) is 0 Å². The van der Waals surface area contributed by atoms with Crippen LogP contribution in [0, 0.1) is 21.4 Å². The quantitative estimate of drug-likeness (QED) is 0.623. The van der Waals surface area contributed by atoms with Gasteiger partial charge in [0.05, 0.1) is 4.92 Å². The maximum atomic E-state index is 11.0. The van der Waals surface area contributed by atoms with Crippen LogP contribution in [0.25, 0.3) is 0 Å². The van der Waals surface area contributed by atoms with Crippen LogP contribution in [0.15, 0.2) is 46.9 Å². The van der Waals surface area contributed by atoms with E-state index in [1.54, 1.807) is 6.07 Å². The highest BCUT2D eigenvalue weighted by Gasteiger charge is 2.15. The molecule has 0 bridgehead atoms. The molecule has 0 aromatic heterocycles. The molecule has 2 aromatic rings. The number of benzene rings is 2. The number of halogens is 1. The minimum atomic E-state index is -0.533. The summed E-state index contributed by atoms with van der Waals surface area (Å²) in [7, 11) is 1.85. The Balaban J connectivity index is 2.27. The van der Waals surface area contributed by atoms with Crippen LogP contribution >= 0.6 is 15.9 Å². The molecule has 2 rings (SSSR count). The molecule has 0 heterocycles. The van der Waals surface area contributed by atoms with E-state index in [9.17, 15) is 10.1 Å². The summed E-state index contributed by atoms with van der Waals surface area (Å²) in [4.78, 5) is 12.4. The van der Waals surface area contributed by atoms with Crippen LogP contribution in [0.4, 0.5) is 11.4 Å². The highest BCUT2D eigenvalue weighted by atomic mass is 79.9. The molecule has 21 heavy (non-hydrogen) atoms. The van der Waals surface area contributed by atoms with Gasteiger partial charge in [0, 0.05) is 29.8 Å². The average Bonchev–Trinajstić information content (AvgIpc) is 2.46.